The van der Waals surface area contributed by atoms with E-state index in [4.69, 9.17) is 14.7 Å². The van der Waals surface area contributed by atoms with Crippen LogP contribution in [0.4, 0.5) is 5.69 Å². The van der Waals surface area contributed by atoms with Crippen molar-refractivity contribution in [1.29, 1.82) is 5.26 Å². The molecule has 0 aliphatic carbocycles. The number of hydrogen-bond acceptors (Lipinski definition) is 5. The van der Waals surface area contributed by atoms with Gasteiger partial charge in [-0.15, -0.1) is 0 Å². The molecule has 102 valence electrons. The Bertz CT molecular complexity index is 465. The fourth-order valence-electron chi connectivity index (χ4n) is 2.40. The highest BCUT2D eigenvalue weighted by Crippen LogP contribution is 2.25. The van der Waals surface area contributed by atoms with Crippen LogP contribution >= 0.6 is 0 Å². The second-order valence-electron chi connectivity index (χ2n) is 5.35. The van der Waals surface area contributed by atoms with Gasteiger partial charge in [-0.2, -0.15) is 5.26 Å². The molecule has 1 aliphatic heterocycles. The van der Waals surface area contributed by atoms with Crippen molar-refractivity contribution >= 4 is 5.69 Å². The first kappa shape index (κ1) is 13.8. The van der Waals surface area contributed by atoms with E-state index >= 15 is 0 Å². The standard InChI is InChI=1S/C14H19N3O2/c1-14(2)10-17(8-13(19-14)9-18-3)12-5-4-11(6-15)16-7-12/h4-5,7,13H,8-10H2,1-3H3/t13-/m0/s1. The molecule has 0 aromatic carbocycles. The number of ether oxygens (including phenoxy) is 2. The van der Waals surface area contributed by atoms with Crippen LogP contribution in [0, 0.1) is 11.3 Å². The summed E-state index contributed by atoms with van der Waals surface area (Å²) in [7, 11) is 1.68. The Labute approximate surface area is 113 Å². The van der Waals surface area contributed by atoms with Crippen molar-refractivity contribution in [3.8, 4) is 6.07 Å². The second-order valence-corrected chi connectivity index (χ2v) is 5.35. The SMILES string of the molecule is COC[C@@H]1CN(c2ccc(C#N)nc2)CC(C)(C)O1. The van der Waals surface area contributed by atoms with Crippen LogP contribution in [-0.4, -0.2) is 43.5 Å². The molecule has 1 aromatic rings. The van der Waals surface area contributed by atoms with Gasteiger partial charge in [0, 0.05) is 20.2 Å². The fraction of sp³-hybridized carbons (Fsp3) is 0.571. The smallest absolute Gasteiger partial charge is 0.140 e. The molecule has 0 saturated carbocycles. The van der Waals surface area contributed by atoms with Crippen molar-refractivity contribution in [3.05, 3.63) is 24.0 Å². The molecular formula is C14H19N3O2. The van der Waals surface area contributed by atoms with E-state index in [1.807, 2.05) is 12.1 Å². The molecule has 0 spiro atoms. The summed E-state index contributed by atoms with van der Waals surface area (Å²) in [4.78, 5) is 6.34. The van der Waals surface area contributed by atoms with Crippen molar-refractivity contribution in [3.63, 3.8) is 0 Å². The molecule has 0 N–H and O–H groups in total. The minimum Gasteiger partial charge on any atom is -0.382 e. The number of anilines is 1. The number of rotatable bonds is 3. The molecule has 1 fully saturated rings. The molecule has 1 saturated heterocycles. The molecule has 1 aromatic heterocycles. The number of morpholine rings is 1. The first-order valence-corrected chi connectivity index (χ1v) is 6.32. The Morgan fingerprint density at radius 2 is 2.37 bits per heavy atom. The van der Waals surface area contributed by atoms with E-state index in [0.717, 1.165) is 18.8 Å². The molecule has 5 heteroatoms. The summed E-state index contributed by atoms with van der Waals surface area (Å²) in [5.41, 5.74) is 1.22. The lowest BCUT2D eigenvalue weighted by Gasteiger charge is -2.43. The Morgan fingerprint density at radius 3 is 2.95 bits per heavy atom. The lowest BCUT2D eigenvalue weighted by Crippen LogP contribution is -2.54. The number of methoxy groups -OCH3 is 1. The third kappa shape index (κ3) is 3.43. The van der Waals surface area contributed by atoms with E-state index < -0.39 is 0 Å². The highest BCUT2D eigenvalue weighted by molar-refractivity contribution is 5.47. The minimum atomic E-state index is -0.227. The topological polar surface area (TPSA) is 58.4 Å². The summed E-state index contributed by atoms with van der Waals surface area (Å²) in [6.07, 6.45) is 1.79. The molecule has 0 unspecified atom stereocenters. The van der Waals surface area contributed by atoms with Crippen LogP contribution in [0.25, 0.3) is 0 Å². The van der Waals surface area contributed by atoms with Gasteiger partial charge in [0.1, 0.15) is 11.8 Å². The van der Waals surface area contributed by atoms with E-state index in [0.29, 0.717) is 12.3 Å². The van der Waals surface area contributed by atoms with Crippen LogP contribution in [0.1, 0.15) is 19.5 Å². The van der Waals surface area contributed by atoms with Crippen molar-refractivity contribution in [1.82, 2.24) is 4.98 Å². The Hall–Kier alpha value is -1.64. The van der Waals surface area contributed by atoms with Crippen LogP contribution in [0.3, 0.4) is 0 Å². The molecule has 1 aliphatic rings. The maximum atomic E-state index is 8.77. The van der Waals surface area contributed by atoms with Gasteiger partial charge in [-0.3, -0.25) is 0 Å². The summed E-state index contributed by atoms with van der Waals surface area (Å²) >= 11 is 0. The van der Waals surface area contributed by atoms with E-state index in [2.05, 4.69) is 23.7 Å². The van der Waals surface area contributed by atoms with Crippen molar-refractivity contribution in [2.24, 2.45) is 0 Å². The van der Waals surface area contributed by atoms with Crippen LogP contribution in [0.2, 0.25) is 0 Å². The molecule has 0 amide bonds. The largest absolute Gasteiger partial charge is 0.382 e. The van der Waals surface area contributed by atoms with Gasteiger partial charge >= 0.3 is 0 Å². The quantitative estimate of drug-likeness (QED) is 0.827. The molecule has 19 heavy (non-hydrogen) atoms. The summed E-state index contributed by atoms with van der Waals surface area (Å²) in [5, 5.41) is 8.77. The number of pyridine rings is 1. The van der Waals surface area contributed by atoms with Crippen LogP contribution in [0.15, 0.2) is 18.3 Å². The van der Waals surface area contributed by atoms with Crippen molar-refractivity contribution in [2.45, 2.75) is 25.6 Å². The van der Waals surface area contributed by atoms with E-state index in [1.165, 1.54) is 0 Å². The predicted molar refractivity (Wildman–Crippen MR) is 72.0 cm³/mol. The normalized spacial score (nSPS) is 22.0. The number of nitrogens with zero attached hydrogens (tertiary/aromatic N) is 3. The van der Waals surface area contributed by atoms with Crippen LogP contribution in [-0.2, 0) is 9.47 Å². The predicted octanol–water partition coefficient (Wildman–Crippen LogP) is 1.58. The maximum Gasteiger partial charge on any atom is 0.140 e. The van der Waals surface area contributed by atoms with Gasteiger partial charge in [-0.05, 0) is 26.0 Å². The first-order valence-electron chi connectivity index (χ1n) is 6.32. The third-order valence-electron chi connectivity index (χ3n) is 3.06. The lowest BCUT2D eigenvalue weighted by molar-refractivity contribution is -0.106. The van der Waals surface area contributed by atoms with Gasteiger partial charge in [0.25, 0.3) is 0 Å². The zero-order chi connectivity index (χ0) is 13.9. The average Bonchev–Trinajstić information content (AvgIpc) is 2.37. The molecular weight excluding hydrogens is 242 g/mol. The number of aromatic nitrogens is 1. The monoisotopic (exact) mass is 261 g/mol. The first-order chi connectivity index (χ1) is 9.04. The van der Waals surface area contributed by atoms with E-state index in [-0.39, 0.29) is 11.7 Å². The molecule has 5 nitrogen and oxygen atoms in total. The molecule has 1 atom stereocenters. The van der Waals surface area contributed by atoms with E-state index in [1.54, 1.807) is 19.4 Å². The second kappa shape index (κ2) is 5.55. The number of nitriles is 1. The number of hydrogen-bond donors (Lipinski definition) is 0. The molecule has 0 bridgehead atoms. The Balaban J connectivity index is 2.15. The summed E-state index contributed by atoms with van der Waals surface area (Å²) in [6, 6.07) is 5.69. The van der Waals surface area contributed by atoms with Crippen molar-refractivity contribution < 1.29 is 9.47 Å². The van der Waals surface area contributed by atoms with Gasteiger partial charge in [0.05, 0.1) is 30.2 Å². The van der Waals surface area contributed by atoms with Gasteiger partial charge < -0.3 is 14.4 Å². The van der Waals surface area contributed by atoms with Gasteiger partial charge in [-0.1, -0.05) is 0 Å². The summed E-state index contributed by atoms with van der Waals surface area (Å²) in [6.45, 7) is 6.27. The summed E-state index contributed by atoms with van der Waals surface area (Å²) < 4.78 is 11.2. The Morgan fingerprint density at radius 1 is 1.58 bits per heavy atom. The Kier molecular flexibility index (Phi) is 4.03. The average molecular weight is 261 g/mol. The highest BCUT2D eigenvalue weighted by atomic mass is 16.5. The highest BCUT2D eigenvalue weighted by Gasteiger charge is 2.33. The van der Waals surface area contributed by atoms with Gasteiger partial charge in [-0.25, -0.2) is 4.98 Å². The molecule has 2 rings (SSSR count). The maximum absolute atomic E-state index is 8.77. The van der Waals surface area contributed by atoms with Gasteiger partial charge in [0.2, 0.25) is 0 Å². The zero-order valence-electron chi connectivity index (χ0n) is 11.6. The lowest BCUT2D eigenvalue weighted by atomic mass is 10.0. The molecule has 2 heterocycles. The van der Waals surface area contributed by atoms with E-state index in [9.17, 15) is 0 Å². The van der Waals surface area contributed by atoms with Crippen LogP contribution in [0.5, 0.6) is 0 Å². The zero-order valence-corrected chi connectivity index (χ0v) is 11.6. The third-order valence-corrected chi connectivity index (χ3v) is 3.06. The van der Waals surface area contributed by atoms with Gasteiger partial charge in [0.15, 0.2) is 0 Å². The fourth-order valence-corrected chi connectivity index (χ4v) is 2.40. The summed E-state index contributed by atoms with van der Waals surface area (Å²) in [5.74, 6) is 0. The minimum absolute atomic E-state index is 0.0457. The molecule has 0 radical (unpaired) electrons. The van der Waals surface area contributed by atoms with Crippen LogP contribution < -0.4 is 4.90 Å². The van der Waals surface area contributed by atoms with Crippen molar-refractivity contribution in [2.75, 3.05) is 31.7 Å².